The van der Waals surface area contributed by atoms with Crippen LogP contribution in [0.5, 0.6) is 11.5 Å². The summed E-state index contributed by atoms with van der Waals surface area (Å²) in [7, 11) is 3.04. The van der Waals surface area contributed by atoms with Crippen molar-refractivity contribution in [2.45, 2.75) is 18.9 Å². The number of carbonyl (C=O) groups is 1. The summed E-state index contributed by atoms with van der Waals surface area (Å²) in [5.41, 5.74) is 2.33. The normalized spacial score (nSPS) is 16.7. The minimum atomic E-state index is -0.135. The molecule has 0 bridgehead atoms. The largest absolute Gasteiger partial charge is 0.495 e. The Balaban J connectivity index is 1.60. The molecule has 1 aliphatic rings. The maximum absolute atomic E-state index is 12.1. The molecule has 9 nitrogen and oxygen atoms in total. The van der Waals surface area contributed by atoms with Crippen molar-refractivity contribution in [2.75, 3.05) is 38.1 Å². The molecule has 2 aromatic heterocycles. The fourth-order valence-electron chi connectivity index (χ4n) is 4.79. The quantitative estimate of drug-likeness (QED) is 0.194. The highest BCUT2D eigenvalue weighted by molar-refractivity contribution is 6.41. The number of carbonyl (C=O) groups excluding carboxylic acids is 1. The molecule has 1 aliphatic heterocycles. The number of ether oxygens (including phenoxy) is 3. The zero-order valence-electron chi connectivity index (χ0n) is 22.6. The molecule has 212 valence electrons. The Bertz CT molecular complexity index is 1560. The van der Waals surface area contributed by atoms with Gasteiger partial charge in [0.15, 0.2) is 11.6 Å². The lowest BCUT2D eigenvalue weighted by Crippen LogP contribution is -2.40. The number of benzene rings is 2. The Kier molecular flexibility index (Phi) is 8.87. The summed E-state index contributed by atoms with van der Waals surface area (Å²) in [4.78, 5) is 26.4. The molecule has 5 rings (SSSR count). The highest BCUT2D eigenvalue weighted by Gasteiger charge is 2.28. The summed E-state index contributed by atoms with van der Waals surface area (Å²) in [6.07, 6.45) is 4.20. The van der Waals surface area contributed by atoms with Crippen LogP contribution < -0.4 is 20.1 Å². The maximum Gasteiger partial charge on any atom is 0.223 e. The van der Waals surface area contributed by atoms with Gasteiger partial charge in [-0.2, -0.15) is 0 Å². The van der Waals surface area contributed by atoms with Gasteiger partial charge in [-0.05, 0) is 36.6 Å². The van der Waals surface area contributed by atoms with Crippen LogP contribution in [0.4, 0.5) is 17.5 Å². The molecule has 1 fully saturated rings. The van der Waals surface area contributed by atoms with Gasteiger partial charge in [0.05, 0.1) is 42.6 Å². The molecule has 0 aliphatic carbocycles. The summed E-state index contributed by atoms with van der Waals surface area (Å²) in [6, 6.07) is 12.9. The minimum Gasteiger partial charge on any atom is -0.495 e. The van der Waals surface area contributed by atoms with E-state index >= 15 is 0 Å². The summed E-state index contributed by atoms with van der Waals surface area (Å²) >= 11 is 13.5. The van der Waals surface area contributed by atoms with Gasteiger partial charge in [-0.1, -0.05) is 48.0 Å². The number of halogens is 2. The molecule has 2 atom stereocenters. The van der Waals surface area contributed by atoms with Crippen molar-refractivity contribution in [3.05, 3.63) is 71.4 Å². The lowest BCUT2D eigenvalue weighted by molar-refractivity contribution is -0.116. The van der Waals surface area contributed by atoms with Crippen LogP contribution in [-0.4, -0.2) is 54.2 Å². The van der Waals surface area contributed by atoms with E-state index in [2.05, 4.69) is 22.2 Å². The predicted octanol–water partition coefficient (Wildman–Crippen LogP) is 6.72. The van der Waals surface area contributed by atoms with Gasteiger partial charge in [0.1, 0.15) is 17.0 Å². The number of nitrogens with one attached hydrogen (secondary N) is 2. The van der Waals surface area contributed by atoms with Crippen molar-refractivity contribution in [1.82, 2.24) is 15.0 Å². The van der Waals surface area contributed by atoms with Crippen LogP contribution in [0, 0.1) is 5.92 Å². The van der Waals surface area contributed by atoms with E-state index in [0.717, 1.165) is 12.1 Å². The number of hydrogen-bond acceptors (Lipinski definition) is 9. The summed E-state index contributed by atoms with van der Waals surface area (Å²) in [5, 5.41) is 8.04. The number of aromatic nitrogens is 3. The zero-order chi connectivity index (χ0) is 28.9. The number of methoxy groups -OCH3 is 2. The Hall–Kier alpha value is -3.92. The first kappa shape index (κ1) is 28.6. The maximum atomic E-state index is 12.1. The van der Waals surface area contributed by atoms with E-state index in [-0.39, 0.29) is 17.7 Å². The molecule has 3 heterocycles. The van der Waals surface area contributed by atoms with Gasteiger partial charge in [-0.3, -0.25) is 4.79 Å². The number of anilines is 3. The lowest BCUT2D eigenvalue weighted by atomic mass is 9.90. The van der Waals surface area contributed by atoms with Crippen molar-refractivity contribution >= 4 is 57.3 Å². The van der Waals surface area contributed by atoms with Crippen molar-refractivity contribution in [3.63, 3.8) is 0 Å². The summed E-state index contributed by atoms with van der Waals surface area (Å²) < 4.78 is 16.6. The molecule has 4 aromatic rings. The third-order valence-electron chi connectivity index (χ3n) is 6.94. The van der Waals surface area contributed by atoms with E-state index in [1.54, 1.807) is 12.3 Å². The van der Waals surface area contributed by atoms with E-state index in [1.165, 1.54) is 20.3 Å². The monoisotopic (exact) mass is 593 g/mol. The number of fused-ring (bicyclic) bond motifs is 1. The van der Waals surface area contributed by atoms with Crippen molar-refractivity contribution in [2.24, 2.45) is 5.92 Å². The van der Waals surface area contributed by atoms with Crippen LogP contribution in [0.25, 0.3) is 22.2 Å². The Morgan fingerprint density at radius 1 is 1.12 bits per heavy atom. The molecule has 0 unspecified atom stereocenters. The molecule has 0 radical (unpaired) electrons. The standard InChI is InChI=1S/C30H29Cl2N5O4/c1-4-20(38)12-17-10-11-41-16-22(17)36-30-33-15-18-13-21(25-26(31)23(39-2)14-24(40-3)27(25)32)35-29(28(18)37-30)34-19-8-6-5-7-9-19/h4-9,13-15,17,22H,1,10-12,16H2,2-3H3,(H,34,35)(H,33,36,37)/t17-,22-/m1/s1. The number of pyridine rings is 1. The average molecular weight is 594 g/mol. The van der Waals surface area contributed by atoms with E-state index < -0.39 is 0 Å². The Labute approximate surface area is 247 Å². The third kappa shape index (κ3) is 6.22. The van der Waals surface area contributed by atoms with Crippen molar-refractivity contribution in [3.8, 4) is 22.8 Å². The zero-order valence-corrected chi connectivity index (χ0v) is 24.1. The smallest absolute Gasteiger partial charge is 0.223 e. The predicted molar refractivity (Wildman–Crippen MR) is 162 cm³/mol. The van der Waals surface area contributed by atoms with Gasteiger partial charge in [0.25, 0.3) is 0 Å². The third-order valence-corrected chi connectivity index (χ3v) is 7.69. The molecule has 2 N–H and O–H groups in total. The van der Waals surface area contributed by atoms with E-state index in [1.807, 2.05) is 36.4 Å². The lowest BCUT2D eigenvalue weighted by Gasteiger charge is -2.31. The van der Waals surface area contributed by atoms with Gasteiger partial charge in [-0.15, -0.1) is 0 Å². The van der Waals surface area contributed by atoms with Crippen molar-refractivity contribution < 1.29 is 19.0 Å². The number of ketones is 1. The molecule has 2 aromatic carbocycles. The Morgan fingerprint density at radius 2 is 1.85 bits per heavy atom. The average Bonchev–Trinajstić information content (AvgIpc) is 2.99. The first-order chi connectivity index (χ1) is 19.9. The second-order valence-electron chi connectivity index (χ2n) is 9.51. The van der Waals surface area contributed by atoms with Crippen LogP contribution in [0.3, 0.4) is 0 Å². The Morgan fingerprint density at radius 3 is 2.54 bits per heavy atom. The first-order valence-corrected chi connectivity index (χ1v) is 13.8. The van der Waals surface area contributed by atoms with E-state index in [4.69, 9.17) is 47.4 Å². The van der Waals surface area contributed by atoms with Gasteiger partial charge >= 0.3 is 0 Å². The van der Waals surface area contributed by atoms with Crippen LogP contribution in [0.1, 0.15) is 12.8 Å². The van der Waals surface area contributed by atoms with Crippen LogP contribution in [0.15, 0.2) is 61.3 Å². The molecule has 11 heteroatoms. The molecular weight excluding hydrogens is 565 g/mol. The second-order valence-corrected chi connectivity index (χ2v) is 10.3. The molecule has 1 saturated heterocycles. The van der Waals surface area contributed by atoms with Gasteiger partial charge in [0, 0.05) is 41.9 Å². The summed E-state index contributed by atoms with van der Waals surface area (Å²) in [5.74, 6) is 1.74. The van der Waals surface area contributed by atoms with Gasteiger partial charge in [-0.25, -0.2) is 15.0 Å². The number of allylic oxidation sites excluding steroid dienone is 1. The highest BCUT2D eigenvalue weighted by Crippen LogP contribution is 2.46. The van der Waals surface area contributed by atoms with Crippen LogP contribution in [-0.2, 0) is 9.53 Å². The molecule has 0 amide bonds. The topological polar surface area (TPSA) is 107 Å². The minimum absolute atomic E-state index is 0.000649. The second kappa shape index (κ2) is 12.7. The number of nitrogens with zero attached hydrogens (tertiary/aromatic N) is 3. The molecule has 0 saturated carbocycles. The SMILES string of the molecule is C=CC(=O)C[C@H]1CCOC[C@H]1Nc1ncc2cc(-c3c(Cl)c(OC)cc(OC)c3Cl)nc(Nc3ccccc3)c2n1. The fraction of sp³-hybridized carbons (Fsp3) is 0.267. The molecule has 41 heavy (non-hydrogen) atoms. The number of hydrogen-bond donors (Lipinski definition) is 2. The van der Waals surface area contributed by atoms with Gasteiger partial charge in [0.2, 0.25) is 5.95 Å². The first-order valence-electron chi connectivity index (χ1n) is 13.0. The number of para-hydroxylation sites is 1. The molecule has 0 spiro atoms. The van der Waals surface area contributed by atoms with Crippen molar-refractivity contribution in [1.29, 1.82) is 0 Å². The van der Waals surface area contributed by atoms with Crippen LogP contribution in [0.2, 0.25) is 10.0 Å². The number of rotatable bonds is 10. The van der Waals surface area contributed by atoms with E-state index in [0.29, 0.717) is 75.1 Å². The van der Waals surface area contributed by atoms with Gasteiger partial charge < -0.3 is 24.8 Å². The fourth-order valence-corrected chi connectivity index (χ4v) is 5.48. The van der Waals surface area contributed by atoms with E-state index in [9.17, 15) is 4.79 Å². The summed E-state index contributed by atoms with van der Waals surface area (Å²) in [6.45, 7) is 4.65. The highest BCUT2D eigenvalue weighted by atomic mass is 35.5. The van der Waals surface area contributed by atoms with Crippen LogP contribution >= 0.6 is 23.2 Å². The molecular formula is C30H29Cl2N5O4.